The van der Waals surface area contributed by atoms with Gasteiger partial charge in [-0.25, -0.2) is 0 Å². The van der Waals surface area contributed by atoms with E-state index in [4.69, 9.17) is 11.5 Å². The molecule has 1 saturated heterocycles. The molecule has 1 unspecified atom stereocenters. The summed E-state index contributed by atoms with van der Waals surface area (Å²) in [4.78, 5) is 25.5. The van der Waals surface area contributed by atoms with Crippen molar-refractivity contribution in [2.75, 3.05) is 24.1 Å². The minimum absolute atomic E-state index is 0.0761. The van der Waals surface area contributed by atoms with Gasteiger partial charge in [0.05, 0.1) is 5.56 Å². The van der Waals surface area contributed by atoms with Crippen molar-refractivity contribution >= 4 is 23.2 Å². The van der Waals surface area contributed by atoms with Crippen LogP contribution in [0.15, 0.2) is 18.2 Å². The van der Waals surface area contributed by atoms with Crippen molar-refractivity contribution < 1.29 is 9.59 Å². The Labute approximate surface area is 124 Å². The number of anilines is 2. The molecule has 5 N–H and O–H groups in total. The maximum absolute atomic E-state index is 12.3. The van der Waals surface area contributed by atoms with Crippen LogP contribution < -0.4 is 16.8 Å². The number of nitrogens with two attached hydrogens (primary N) is 2. The summed E-state index contributed by atoms with van der Waals surface area (Å²) < 4.78 is 0. The molecule has 0 spiro atoms. The monoisotopic (exact) mass is 290 g/mol. The van der Waals surface area contributed by atoms with E-state index in [9.17, 15) is 9.59 Å². The van der Waals surface area contributed by atoms with Crippen LogP contribution in [-0.2, 0) is 4.79 Å². The summed E-state index contributed by atoms with van der Waals surface area (Å²) in [6, 6.07) is 4.58. The average molecular weight is 290 g/mol. The molecule has 1 aliphatic rings. The molecule has 1 heterocycles. The lowest BCUT2D eigenvalue weighted by atomic mass is 10.1. The molecular formula is C15H22N4O2. The molecule has 6 nitrogen and oxygen atoms in total. The van der Waals surface area contributed by atoms with Gasteiger partial charge in [-0.15, -0.1) is 0 Å². The van der Waals surface area contributed by atoms with E-state index in [1.165, 1.54) is 6.42 Å². The van der Waals surface area contributed by atoms with Crippen LogP contribution >= 0.6 is 0 Å². The molecule has 1 aliphatic heterocycles. The third kappa shape index (κ3) is 3.65. The number of rotatable bonds is 4. The first-order valence-electron chi connectivity index (χ1n) is 7.23. The fourth-order valence-corrected chi connectivity index (χ4v) is 2.56. The first kappa shape index (κ1) is 15.2. The normalized spacial score (nSPS) is 16.3. The second-order valence-electron chi connectivity index (χ2n) is 5.42. The van der Waals surface area contributed by atoms with Gasteiger partial charge in [0.15, 0.2) is 0 Å². The summed E-state index contributed by atoms with van der Waals surface area (Å²) >= 11 is 0. The molecule has 1 atom stereocenters. The van der Waals surface area contributed by atoms with Gasteiger partial charge in [0.1, 0.15) is 6.04 Å². The molecule has 0 aliphatic carbocycles. The fraction of sp³-hybridized carbons (Fsp3) is 0.467. The van der Waals surface area contributed by atoms with Crippen molar-refractivity contribution in [1.29, 1.82) is 0 Å². The standard InChI is InChI=1S/C15H22N4O2/c1-10(15(21)19-7-3-2-4-8-19)18-11-5-6-13(16)12(9-11)14(17)20/h5-6,9-10,18H,2-4,7-8,16H2,1H3,(H2,17,20). The van der Waals surface area contributed by atoms with Gasteiger partial charge < -0.3 is 21.7 Å². The van der Waals surface area contributed by atoms with Crippen molar-refractivity contribution in [1.82, 2.24) is 4.90 Å². The van der Waals surface area contributed by atoms with E-state index in [1.54, 1.807) is 18.2 Å². The van der Waals surface area contributed by atoms with E-state index >= 15 is 0 Å². The number of likely N-dealkylation sites (tertiary alicyclic amines) is 1. The molecular weight excluding hydrogens is 268 g/mol. The van der Waals surface area contributed by atoms with Crippen molar-refractivity contribution in [3.05, 3.63) is 23.8 Å². The van der Waals surface area contributed by atoms with Gasteiger partial charge in [-0.1, -0.05) is 0 Å². The van der Waals surface area contributed by atoms with E-state index < -0.39 is 5.91 Å². The molecule has 0 aromatic heterocycles. The molecule has 2 amide bonds. The second-order valence-corrected chi connectivity index (χ2v) is 5.42. The zero-order valence-electron chi connectivity index (χ0n) is 12.3. The highest BCUT2D eigenvalue weighted by Gasteiger charge is 2.22. The third-order valence-corrected chi connectivity index (χ3v) is 3.74. The maximum Gasteiger partial charge on any atom is 0.250 e. The minimum atomic E-state index is -0.578. The van der Waals surface area contributed by atoms with Crippen LogP contribution in [0.3, 0.4) is 0 Å². The number of carbonyl (C=O) groups excluding carboxylic acids is 2. The fourth-order valence-electron chi connectivity index (χ4n) is 2.56. The maximum atomic E-state index is 12.3. The predicted octanol–water partition coefficient (Wildman–Crippen LogP) is 1.18. The number of primary amides is 1. The number of nitrogen functional groups attached to an aromatic ring is 1. The Morgan fingerprint density at radius 2 is 1.90 bits per heavy atom. The largest absolute Gasteiger partial charge is 0.398 e. The van der Waals surface area contributed by atoms with Crippen LogP contribution in [0, 0.1) is 0 Å². The lowest BCUT2D eigenvalue weighted by Gasteiger charge is -2.29. The lowest BCUT2D eigenvalue weighted by molar-refractivity contribution is -0.132. The van der Waals surface area contributed by atoms with Gasteiger partial charge >= 0.3 is 0 Å². The number of nitrogens with one attached hydrogen (secondary N) is 1. The molecule has 0 saturated carbocycles. The van der Waals surface area contributed by atoms with Crippen LogP contribution in [0.1, 0.15) is 36.5 Å². The number of piperidine rings is 1. The Hall–Kier alpha value is -2.24. The molecule has 1 fully saturated rings. The number of benzene rings is 1. The van der Waals surface area contributed by atoms with Gasteiger partial charge in [0.2, 0.25) is 5.91 Å². The van der Waals surface area contributed by atoms with E-state index in [0.29, 0.717) is 11.4 Å². The summed E-state index contributed by atoms with van der Waals surface area (Å²) in [6.07, 6.45) is 3.31. The number of hydrogen-bond donors (Lipinski definition) is 3. The minimum Gasteiger partial charge on any atom is -0.398 e. The van der Waals surface area contributed by atoms with Gasteiger partial charge in [-0.3, -0.25) is 9.59 Å². The molecule has 1 aromatic rings. The smallest absolute Gasteiger partial charge is 0.250 e. The summed E-state index contributed by atoms with van der Waals surface area (Å²) in [5.74, 6) is -0.502. The summed E-state index contributed by atoms with van der Waals surface area (Å²) in [6.45, 7) is 3.45. The first-order valence-corrected chi connectivity index (χ1v) is 7.23. The van der Waals surface area contributed by atoms with Crippen molar-refractivity contribution in [3.8, 4) is 0 Å². The van der Waals surface area contributed by atoms with Crippen molar-refractivity contribution in [2.24, 2.45) is 5.73 Å². The number of amides is 2. The number of nitrogens with zero attached hydrogens (tertiary/aromatic N) is 1. The summed E-state index contributed by atoms with van der Waals surface area (Å²) in [7, 11) is 0. The highest BCUT2D eigenvalue weighted by Crippen LogP contribution is 2.19. The van der Waals surface area contributed by atoms with Gasteiger partial charge in [0, 0.05) is 24.5 Å². The van der Waals surface area contributed by atoms with Gasteiger partial charge in [0.25, 0.3) is 5.91 Å². The Morgan fingerprint density at radius 3 is 2.52 bits per heavy atom. The quantitative estimate of drug-likeness (QED) is 0.725. The Balaban J connectivity index is 2.05. The van der Waals surface area contributed by atoms with Crippen LogP contribution in [-0.4, -0.2) is 35.8 Å². The molecule has 1 aromatic carbocycles. The van der Waals surface area contributed by atoms with E-state index in [0.717, 1.165) is 25.9 Å². The van der Waals surface area contributed by atoms with Crippen molar-refractivity contribution in [3.63, 3.8) is 0 Å². The molecule has 21 heavy (non-hydrogen) atoms. The average Bonchev–Trinajstić information content (AvgIpc) is 2.49. The number of hydrogen-bond acceptors (Lipinski definition) is 4. The SMILES string of the molecule is CC(Nc1ccc(N)c(C(N)=O)c1)C(=O)N1CCCCC1. The van der Waals surface area contributed by atoms with E-state index in [2.05, 4.69) is 5.32 Å². The molecule has 114 valence electrons. The van der Waals surface area contributed by atoms with E-state index in [-0.39, 0.29) is 17.5 Å². The first-order chi connectivity index (χ1) is 9.99. The topological polar surface area (TPSA) is 101 Å². The van der Waals surface area contributed by atoms with Gasteiger partial charge in [-0.2, -0.15) is 0 Å². The zero-order valence-corrected chi connectivity index (χ0v) is 12.3. The van der Waals surface area contributed by atoms with Crippen LogP contribution in [0.5, 0.6) is 0 Å². The molecule has 6 heteroatoms. The Morgan fingerprint density at radius 1 is 1.24 bits per heavy atom. The lowest BCUT2D eigenvalue weighted by Crippen LogP contribution is -2.43. The van der Waals surface area contributed by atoms with Gasteiger partial charge in [-0.05, 0) is 44.4 Å². The highest BCUT2D eigenvalue weighted by atomic mass is 16.2. The van der Waals surface area contributed by atoms with E-state index in [1.807, 2.05) is 11.8 Å². The predicted molar refractivity (Wildman–Crippen MR) is 82.9 cm³/mol. The zero-order chi connectivity index (χ0) is 15.4. The highest BCUT2D eigenvalue weighted by molar-refractivity contribution is 5.99. The second kappa shape index (κ2) is 6.47. The third-order valence-electron chi connectivity index (χ3n) is 3.74. The number of carbonyl (C=O) groups is 2. The van der Waals surface area contributed by atoms with Crippen LogP contribution in [0.4, 0.5) is 11.4 Å². The summed E-state index contributed by atoms with van der Waals surface area (Å²) in [5, 5.41) is 3.11. The molecule has 0 radical (unpaired) electrons. The molecule has 2 rings (SSSR count). The Bertz CT molecular complexity index is 538. The molecule has 0 bridgehead atoms. The Kier molecular flexibility index (Phi) is 4.67. The van der Waals surface area contributed by atoms with Crippen LogP contribution in [0.2, 0.25) is 0 Å². The van der Waals surface area contributed by atoms with Crippen LogP contribution in [0.25, 0.3) is 0 Å². The summed E-state index contributed by atoms with van der Waals surface area (Å²) in [5.41, 5.74) is 12.2. The van der Waals surface area contributed by atoms with Crippen molar-refractivity contribution in [2.45, 2.75) is 32.2 Å².